The average molecular weight is 222 g/mol. The van der Waals surface area contributed by atoms with Gasteiger partial charge in [-0.3, -0.25) is 0 Å². The molecule has 0 bridgehead atoms. The molecule has 1 saturated heterocycles. The number of nitrogens with two attached hydrogens (primary N) is 1. The van der Waals surface area contributed by atoms with E-state index in [2.05, 4.69) is 10.3 Å². The Bertz CT molecular complexity index is 397. The highest BCUT2D eigenvalue weighted by molar-refractivity contribution is 5.31. The number of hydrogen-bond donors (Lipinski definition) is 1. The van der Waals surface area contributed by atoms with Crippen molar-refractivity contribution in [2.45, 2.75) is 50.7 Å². The molecular weight excluding hydrogens is 204 g/mol. The van der Waals surface area contributed by atoms with Crippen LogP contribution in [0.2, 0.25) is 0 Å². The minimum Gasteiger partial charge on any atom is -0.381 e. The van der Waals surface area contributed by atoms with Gasteiger partial charge in [-0.05, 0) is 39.0 Å². The highest BCUT2D eigenvalue weighted by atomic mass is 16.5. The molecule has 88 valence electrons. The van der Waals surface area contributed by atoms with Crippen molar-refractivity contribution in [2.75, 3.05) is 12.3 Å². The van der Waals surface area contributed by atoms with Crippen LogP contribution in [-0.2, 0) is 4.74 Å². The van der Waals surface area contributed by atoms with Gasteiger partial charge in [-0.15, -0.1) is 5.10 Å². The fraction of sp³-hybridized carbons (Fsp3) is 0.818. The van der Waals surface area contributed by atoms with E-state index in [4.69, 9.17) is 10.5 Å². The fourth-order valence-electron chi connectivity index (χ4n) is 2.83. The molecule has 16 heavy (non-hydrogen) atoms. The van der Waals surface area contributed by atoms with Crippen molar-refractivity contribution in [1.29, 1.82) is 0 Å². The minimum absolute atomic E-state index is 0.149. The molecule has 5 heteroatoms. The van der Waals surface area contributed by atoms with Crippen LogP contribution in [0.25, 0.3) is 0 Å². The first kappa shape index (κ1) is 10.1. The molecule has 0 aromatic carbocycles. The van der Waals surface area contributed by atoms with Gasteiger partial charge in [-0.25, -0.2) is 4.68 Å². The Morgan fingerprint density at radius 1 is 1.50 bits per heavy atom. The lowest BCUT2D eigenvalue weighted by molar-refractivity contribution is -0.141. The molecule has 1 atom stereocenters. The predicted molar refractivity (Wildman–Crippen MR) is 60.0 cm³/mol. The lowest BCUT2D eigenvalue weighted by Gasteiger charge is -2.47. The van der Waals surface area contributed by atoms with Gasteiger partial charge >= 0.3 is 0 Å². The summed E-state index contributed by atoms with van der Waals surface area (Å²) < 4.78 is 7.89. The van der Waals surface area contributed by atoms with Crippen molar-refractivity contribution in [2.24, 2.45) is 0 Å². The standard InChI is InChI=1S/C11H18N4O/c1-8-10(12)13-14-15(8)9-3-6-16-11(7-9)4-2-5-11/h9H,2-7,12H2,1H3. The molecule has 2 N–H and O–H groups in total. The van der Waals surface area contributed by atoms with Crippen LogP contribution < -0.4 is 5.73 Å². The van der Waals surface area contributed by atoms with E-state index >= 15 is 0 Å². The van der Waals surface area contributed by atoms with Gasteiger partial charge in [0.1, 0.15) is 0 Å². The highest BCUT2D eigenvalue weighted by Gasteiger charge is 2.43. The Balaban J connectivity index is 1.82. The number of ether oxygens (including phenoxy) is 1. The summed E-state index contributed by atoms with van der Waals surface area (Å²) in [5.74, 6) is 0.550. The molecule has 2 aliphatic rings. The van der Waals surface area contributed by atoms with Gasteiger partial charge in [0.25, 0.3) is 0 Å². The van der Waals surface area contributed by atoms with Gasteiger partial charge in [0.05, 0.1) is 17.3 Å². The van der Waals surface area contributed by atoms with Crippen molar-refractivity contribution >= 4 is 5.82 Å². The molecule has 1 aromatic heterocycles. The zero-order valence-corrected chi connectivity index (χ0v) is 9.65. The number of nitrogens with zero attached hydrogens (tertiary/aromatic N) is 3. The molecule has 1 spiro atoms. The van der Waals surface area contributed by atoms with Gasteiger partial charge in [0.2, 0.25) is 0 Å². The van der Waals surface area contributed by atoms with E-state index in [0.29, 0.717) is 11.9 Å². The Morgan fingerprint density at radius 3 is 2.88 bits per heavy atom. The van der Waals surface area contributed by atoms with Crippen LogP contribution in [0.5, 0.6) is 0 Å². The van der Waals surface area contributed by atoms with Gasteiger partial charge in [0.15, 0.2) is 5.82 Å². The molecule has 2 heterocycles. The summed E-state index contributed by atoms with van der Waals surface area (Å²) in [5, 5.41) is 8.08. The van der Waals surface area contributed by atoms with Crippen LogP contribution in [-0.4, -0.2) is 27.2 Å². The van der Waals surface area contributed by atoms with Crippen LogP contribution in [0.1, 0.15) is 43.8 Å². The van der Waals surface area contributed by atoms with Crippen LogP contribution in [0.3, 0.4) is 0 Å². The molecule has 5 nitrogen and oxygen atoms in total. The molecule has 0 amide bonds. The highest BCUT2D eigenvalue weighted by Crippen LogP contribution is 2.45. The monoisotopic (exact) mass is 222 g/mol. The number of nitrogen functional groups attached to an aromatic ring is 1. The summed E-state index contributed by atoms with van der Waals surface area (Å²) in [6.45, 7) is 2.82. The van der Waals surface area contributed by atoms with Gasteiger partial charge in [-0.2, -0.15) is 0 Å². The second-order valence-corrected chi connectivity index (χ2v) is 5.04. The predicted octanol–water partition coefficient (Wildman–Crippen LogP) is 1.44. The third-order valence-electron chi connectivity index (χ3n) is 4.04. The molecule has 2 fully saturated rings. The molecule has 1 aliphatic carbocycles. The van der Waals surface area contributed by atoms with E-state index in [-0.39, 0.29) is 5.60 Å². The molecule has 1 unspecified atom stereocenters. The first-order chi connectivity index (χ1) is 7.70. The van der Waals surface area contributed by atoms with Gasteiger partial charge < -0.3 is 10.5 Å². The zero-order valence-electron chi connectivity index (χ0n) is 9.65. The molecular formula is C11H18N4O. The van der Waals surface area contributed by atoms with E-state index in [1.807, 2.05) is 11.6 Å². The molecule has 1 saturated carbocycles. The Kier molecular flexibility index (Phi) is 2.17. The third-order valence-corrected chi connectivity index (χ3v) is 4.04. The quantitative estimate of drug-likeness (QED) is 0.781. The smallest absolute Gasteiger partial charge is 0.168 e. The van der Waals surface area contributed by atoms with Crippen molar-refractivity contribution in [3.8, 4) is 0 Å². The fourth-order valence-corrected chi connectivity index (χ4v) is 2.83. The van der Waals surface area contributed by atoms with Crippen molar-refractivity contribution in [3.63, 3.8) is 0 Å². The average Bonchev–Trinajstić information content (AvgIpc) is 2.58. The summed E-state index contributed by atoms with van der Waals surface area (Å²) in [7, 11) is 0. The van der Waals surface area contributed by atoms with E-state index < -0.39 is 0 Å². The first-order valence-corrected chi connectivity index (χ1v) is 6.01. The molecule has 0 radical (unpaired) electrons. The van der Waals surface area contributed by atoms with Gasteiger partial charge in [-0.1, -0.05) is 5.21 Å². The normalized spacial score (nSPS) is 27.9. The second kappa shape index (κ2) is 3.45. The van der Waals surface area contributed by atoms with Crippen LogP contribution >= 0.6 is 0 Å². The number of aromatic nitrogens is 3. The Hall–Kier alpha value is -1.10. The minimum atomic E-state index is 0.149. The van der Waals surface area contributed by atoms with E-state index in [0.717, 1.165) is 25.1 Å². The lowest BCUT2D eigenvalue weighted by atomic mass is 9.74. The van der Waals surface area contributed by atoms with Crippen LogP contribution in [0.4, 0.5) is 5.82 Å². The van der Waals surface area contributed by atoms with E-state index in [1.165, 1.54) is 19.3 Å². The summed E-state index contributed by atoms with van der Waals surface area (Å²) >= 11 is 0. The van der Waals surface area contributed by atoms with Crippen molar-refractivity contribution < 1.29 is 4.74 Å². The van der Waals surface area contributed by atoms with E-state index in [1.54, 1.807) is 0 Å². The maximum Gasteiger partial charge on any atom is 0.168 e. The Labute approximate surface area is 95.0 Å². The second-order valence-electron chi connectivity index (χ2n) is 5.04. The number of anilines is 1. The summed E-state index contributed by atoms with van der Waals surface area (Å²) in [5.41, 5.74) is 6.87. The topological polar surface area (TPSA) is 66.0 Å². The number of hydrogen-bond acceptors (Lipinski definition) is 4. The maximum atomic E-state index is 5.91. The van der Waals surface area contributed by atoms with E-state index in [9.17, 15) is 0 Å². The SMILES string of the molecule is Cc1c(N)nnn1C1CCOC2(CCC2)C1. The third kappa shape index (κ3) is 1.42. The summed E-state index contributed by atoms with van der Waals surface area (Å²) in [4.78, 5) is 0. The Morgan fingerprint density at radius 2 is 2.31 bits per heavy atom. The molecule has 1 aliphatic heterocycles. The summed E-state index contributed by atoms with van der Waals surface area (Å²) in [6.07, 6.45) is 5.78. The van der Waals surface area contributed by atoms with Crippen LogP contribution in [0.15, 0.2) is 0 Å². The first-order valence-electron chi connectivity index (χ1n) is 6.01. The number of rotatable bonds is 1. The van der Waals surface area contributed by atoms with Gasteiger partial charge in [0, 0.05) is 6.61 Å². The van der Waals surface area contributed by atoms with Crippen LogP contribution in [0, 0.1) is 6.92 Å². The molecule has 1 aromatic rings. The lowest BCUT2D eigenvalue weighted by Crippen LogP contribution is -2.46. The zero-order chi connectivity index (χ0) is 11.2. The molecule has 3 rings (SSSR count). The summed E-state index contributed by atoms with van der Waals surface area (Å²) in [6, 6.07) is 0.416. The van der Waals surface area contributed by atoms with Crippen molar-refractivity contribution in [3.05, 3.63) is 5.69 Å². The largest absolute Gasteiger partial charge is 0.381 e. The maximum absolute atomic E-state index is 5.91. The van der Waals surface area contributed by atoms with Crippen molar-refractivity contribution in [1.82, 2.24) is 15.0 Å².